The maximum Gasteiger partial charge on any atom is 0.330 e. The number of nitrogens with zero attached hydrogens (tertiary/aromatic N) is 3. The van der Waals surface area contributed by atoms with Crippen LogP contribution in [0.25, 0.3) is 11.3 Å². The van der Waals surface area contributed by atoms with Crippen LogP contribution in [0.5, 0.6) is 0 Å². The van der Waals surface area contributed by atoms with Crippen LogP contribution in [-0.4, -0.2) is 61.7 Å². The van der Waals surface area contributed by atoms with Gasteiger partial charge in [0.25, 0.3) is 0 Å². The highest BCUT2D eigenvalue weighted by Gasteiger charge is 2.37. The fourth-order valence-electron chi connectivity index (χ4n) is 3.53. The van der Waals surface area contributed by atoms with Gasteiger partial charge in [-0.05, 0) is 24.5 Å². The highest BCUT2D eigenvalue weighted by atomic mass is 35.5. The Labute approximate surface area is 196 Å². The maximum atomic E-state index is 12.4. The Morgan fingerprint density at radius 3 is 2.65 bits per heavy atom. The van der Waals surface area contributed by atoms with Gasteiger partial charge in [0.05, 0.1) is 29.4 Å². The van der Waals surface area contributed by atoms with Crippen molar-refractivity contribution in [2.75, 3.05) is 38.7 Å². The van der Waals surface area contributed by atoms with Gasteiger partial charge in [-0.15, -0.1) is 11.3 Å². The van der Waals surface area contributed by atoms with Gasteiger partial charge in [-0.2, -0.15) is 0 Å². The Morgan fingerprint density at radius 1 is 1.29 bits per heavy atom. The summed E-state index contributed by atoms with van der Waals surface area (Å²) in [4.78, 5) is 34.2. The van der Waals surface area contributed by atoms with Gasteiger partial charge < -0.3 is 19.9 Å². The van der Waals surface area contributed by atoms with Gasteiger partial charge in [-0.25, -0.2) is 14.6 Å². The number of carbonyl (C=O) groups excluding carboxylic acids is 2. The van der Waals surface area contributed by atoms with Crippen LogP contribution in [0.4, 0.5) is 9.93 Å². The van der Waals surface area contributed by atoms with Gasteiger partial charge in [0.15, 0.2) is 5.13 Å². The number of methoxy groups -OCH3 is 1. The van der Waals surface area contributed by atoms with Crippen LogP contribution < -0.4 is 10.2 Å². The molecule has 168 valence electrons. The van der Waals surface area contributed by atoms with E-state index in [-0.39, 0.29) is 6.03 Å². The number of piperazine rings is 1. The number of halogens is 2. The lowest BCUT2D eigenvalue weighted by Crippen LogP contribution is -2.60. The number of carbonyl (C=O) groups is 2. The molecule has 1 fully saturated rings. The van der Waals surface area contributed by atoms with Crippen LogP contribution in [-0.2, 0) is 16.0 Å². The molecule has 10 heteroatoms. The largest absolute Gasteiger partial charge is 0.467 e. The Balaban J connectivity index is 1.95. The van der Waals surface area contributed by atoms with Crippen molar-refractivity contribution in [3.8, 4) is 11.3 Å². The first kappa shape index (κ1) is 23.6. The quantitative estimate of drug-likeness (QED) is 0.639. The molecule has 2 aromatic rings. The number of ether oxygens (including phenoxy) is 1. The van der Waals surface area contributed by atoms with Crippen molar-refractivity contribution in [3.05, 3.63) is 33.1 Å². The first-order chi connectivity index (χ1) is 14.7. The van der Waals surface area contributed by atoms with Gasteiger partial charge in [0.1, 0.15) is 6.04 Å². The third kappa shape index (κ3) is 5.25. The molecule has 0 radical (unpaired) electrons. The molecule has 1 aromatic heterocycles. The molecule has 1 saturated heterocycles. The van der Waals surface area contributed by atoms with Crippen molar-refractivity contribution in [1.29, 1.82) is 0 Å². The number of nitrogens with one attached hydrogen (secondary N) is 1. The Hall–Kier alpha value is -2.03. The summed E-state index contributed by atoms with van der Waals surface area (Å²) in [6.45, 7) is 5.59. The fourth-order valence-corrected chi connectivity index (χ4v) is 5.16. The van der Waals surface area contributed by atoms with Crippen LogP contribution in [0.15, 0.2) is 18.2 Å². The van der Waals surface area contributed by atoms with Crippen molar-refractivity contribution in [3.63, 3.8) is 0 Å². The summed E-state index contributed by atoms with van der Waals surface area (Å²) in [6.07, 6.45) is 0.867. The van der Waals surface area contributed by atoms with Crippen molar-refractivity contribution < 1.29 is 14.3 Å². The first-order valence-electron chi connectivity index (χ1n) is 10.0. The summed E-state index contributed by atoms with van der Waals surface area (Å²) < 4.78 is 4.94. The topological polar surface area (TPSA) is 74.8 Å². The summed E-state index contributed by atoms with van der Waals surface area (Å²) in [5.41, 5.74) is 1.77. The third-order valence-electron chi connectivity index (χ3n) is 5.07. The normalized spacial score (nSPS) is 16.5. The van der Waals surface area contributed by atoms with Crippen molar-refractivity contribution in [1.82, 2.24) is 15.2 Å². The van der Waals surface area contributed by atoms with Gasteiger partial charge in [-0.1, -0.05) is 43.1 Å². The van der Waals surface area contributed by atoms with E-state index in [0.29, 0.717) is 35.6 Å². The number of aromatic nitrogens is 1. The monoisotopic (exact) mass is 484 g/mol. The number of hydrogen-bond acceptors (Lipinski definition) is 6. The van der Waals surface area contributed by atoms with Crippen LogP contribution >= 0.6 is 34.5 Å². The Morgan fingerprint density at radius 2 is 2.03 bits per heavy atom. The number of esters is 1. The second-order valence-corrected chi connectivity index (χ2v) is 9.61. The fraction of sp³-hybridized carbons (Fsp3) is 0.476. The second kappa shape index (κ2) is 10.1. The zero-order chi connectivity index (χ0) is 22.7. The van der Waals surface area contributed by atoms with E-state index in [1.807, 2.05) is 17.0 Å². The third-order valence-corrected chi connectivity index (χ3v) is 6.95. The molecule has 3 rings (SSSR count). The molecule has 0 bridgehead atoms. The van der Waals surface area contributed by atoms with Crippen LogP contribution in [0.3, 0.4) is 0 Å². The van der Waals surface area contributed by atoms with Gasteiger partial charge in [0, 0.05) is 30.6 Å². The Bertz CT molecular complexity index is 966. The van der Waals surface area contributed by atoms with Gasteiger partial charge >= 0.3 is 12.0 Å². The standard InChI is InChI=1S/C21H26Cl2N4O3S/c1-12(2)9-17-18(13-5-6-14(22)15(23)10-13)25-21(31-17)26-7-8-27(20(29)24-3)16(11-26)19(28)30-4/h5-6,10,12,16H,7-9,11H2,1-4H3,(H,24,29). The summed E-state index contributed by atoms with van der Waals surface area (Å²) in [5.74, 6) is -0.000274. The van der Waals surface area contributed by atoms with Crippen LogP contribution in [0, 0.1) is 5.92 Å². The summed E-state index contributed by atoms with van der Waals surface area (Å²) >= 11 is 13.9. The highest BCUT2D eigenvalue weighted by Crippen LogP contribution is 2.37. The van der Waals surface area contributed by atoms with Crippen molar-refractivity contribution in [2.24, 2.45) is 5.92 Å². The summed E-state index contributed by atoms with van der Waals surface area (Å²) in [5, 5.41) is 4.37. The zero-order valence-corrected chi connectivity index (χ0v) is 20.3. The molecule has 7 nitrogen and oxygen atoms in total. The SMILES string of the molecule is CNC(=O)N1CCN(c2nc(-c3ccc(Cl)c(Cl)c3)c(CC(C)C)s2)CC1C(=O)OC. The van der Waals surface area contributed by atoms with E-state index in [1.54, 1.807) is 24.5 Å². The molecule has 1 unspecified atom stereocenters. The molecule has 0 saturated carbocycles. The smallest absolute Gasteiger partial charge is 0.330 e. The molecular weight excluding hydrogens is 459 g/mol. The molecule has 1 aliphatic heterocycles. The average molecular weight is 485 g/mol. The number of thiazole rings is 1. The predicted octanol–water partition coefficient (Wildman–Crippen LogP) is 4.32. The minimum absolute atomic E-state index is 0.300. The molecular formula is C21H26Cl2N4O3S. The lowest BCUT2D eigenvalue weighted by molar-refractivity contribution is -0.146. The highest BCUT2D eigenvalue weighted by molar-refractivity contribution is 7.16. The second-order valence-electron chi connectivity index (χ2n) is 7.73. The number of urea groups is 1. The van der Waals surface area contributed by atoms with E-state index in [4.69, 9.17) is 32.9 Å². The van der Waals surface area contributed by atoms with Gasteiger partial charge in [0.2, 0.25) is 0 Å². The molecule has 0 spiro atoms. The van der Waals surface area contributed by atoms with Crippen LogP contribution in [0.1, 0.15) is 18.7 Å². The molecule has 0 aliphatic carbocycles. The van der Waals surface area contributed by atoms with Gasteiger partial charge in [-0.3, -0.25) is 0 Å². The number of rotatable bonds is 5. The molecule has 1 aromatic carbocycles. The van der Waals surface area contributed by atoms with Crippen LogP contribution in [0.2, 0.25) is 10.0 Å². The minimum Gasteiger partial charge on any atom is -0.467 e. The summed E-state index contributed by atoms with van der Waals surface area (Å²) in [7, 11) is 2.88. The number of benzene rings is 1. The maximum absolute atomic E-state index is 12.4. The van der Waals surface area contributed by atoms with E-state index in [2.05, 4.69) is 19.2 Å². The molecule has 1 aliphatic rings. The lowest BCUT2D eigenvalue weighted by Gasteiger charge is -2.39. The lowest BCUT2D eigenvalue weighted by atomic mass is 10.0. The van der Waals surface area contributed by atoms with E-state index in [1.165, 1.54) is 12.0 Å². The van der Waals surface area contributed by atoms with E-state index in [0.717, 1.165) is 27.7 Å². The molecule has 2 heterocycles. The molecule has 1 N–H and O–H groups in total. The van der Waals surface area contributed by atoms with E-state index in [9.17, 15) is 9.59 Å². The first-order valence-corrected chi connectivity index (χ1v) is 11.6. The molecule has 1 atom stereocenters. The average Bonchev–Trinajstić information content (AvgIpc) is 3.17. The number of hydrogen-bond donors (Lipinski definition) is 1. The zero-order valence-electron chi connectivity index (χ0n) is 17.9. The minimum atomic E-state index is -0.704. The van der Waals surface area contributed by atoms with E-state index < -0.39 is 12.0 Å². The van der Waals surface area contributed by atoms with Crippen molar-refractivity contribution >= 4 is 51.7 Å². The number of amides is 2. The van der Waals surface area contributed by atoms with E-state index >= 15 is 0 Å². The molecule has 2 amide bonds. The van der Waals surface area contributed by atoms with Crippen molar-refractivity contribution in [2.45, 2.75) is 26.3 Å². The predicted molar refractivity (Wildman–Crippen MR) is 125 cm³/mol. The Kier molecular flexibility index (Phi) is 7.67. The summed E-state index contributed by atoms with van der Waals surface area (Å²) in [6, 6.07) is 4.51. The number of anilines is 1. The molecule has 31 heavy (non-hydrogen) atoms.